The summed E-state index contributed by atoms with van der Waals surface area (Å²) in [5.74, 6) is 0.861. The number of rotatable bonds is 5. The molecule has 22 heavy (non-hydrogen) atoms. The predicted octanol–water partition coefficient (Wildman–Crippen LogP) is 2.88. The number of nitrogens with two attached hydrogens (primary N) is 1. The Labute approximate surface area is 139 Å². The van der Waals surface area contributed by atoms with Crippen molar-refractivity contribution >= 4 is 18.3 Å². The molecule has 4 nitrogen and oxygen atoms in total. The van der Waals surface area contributed by atoms with Gasteiger partial charge in [0.25, 0.3) is 0 Å². The summed E-state index contributed by atoms with van der Waals surface area (Å²) in [5, 5.41) is 2.98. The fourth-order valence-electron chi connectivity index (χ4n) is 2.88. The van der Waals surface area contributed by atoms with E-state index >= 15 is 0 Å². The molecule has 0 spiro atoms. The van der Waals surface area contributed by atoms with Gasteiger partial charge in [-0.3, -0.25) is 4.79 Å². The number of ether oxygens (including phenoxy) is 1. The lowest BCUT2D eigenvalue weighted by Crippen LogP contribution is -2.54. The maximum Gasteiger partial charge on any atom is 0.240 e. The van der Waals surface area contributed by atoms with Crippen LogP contribution < -0.4 is 15.8 Å². The van der Waals surface area contributed by atoms with Crippen molar-refractivity contribution in [3.8, 4) is 5.75 Å². The van der Waals surface area contributed by atoms with Gasteiger partial charge in [-0.2, -0.15) is 0 Å². The van der Waals surface area contributed by atoms with Gasteiger partial charge in [-0.05, 0) is 44.7 Å². The molecular formula is C17H27ClN2O2. The lowest BCUT2D eigenvalue weighted by atomic mass is 9.98. The number of halogens is 1. The van der Waals surface area contributed by atoms with E-state index in [2.05, 4.69) is 5.32 Å². The molecule has 1 amide bonds. The quantitative estimate of drug-likeness (QED) is 0.874. The van der Waals surface area contributed by atoms with Gasteiger partial charge < -0.3 is 15.8 Å². The van der Waals surface area contributed by atoms with Gasteiger partial charge >= 0.3 is 0 Å². The summed E-state index contributed by atoms with van der Waals surface area (Å²) in [6.07, 6.45) is 3.64. The number of amides is 1. The van der Waals surface area contributed by atoms with Crippen molar-refractivity contribution in [1.82, 2.24) is 5.32 Å². The molecule has 1 aromatic carbocycles. The van der Waals surface area contributed by atoms with Gasteiger partial charge in [0.1, 0.15) is 12.4 Å². The third kappa shape index (κ3) is 4.37. The molecular weight excluding hydrogens is 300 g/mol. The van der Waals surface area contributed by atoms with Crippen molar-refractivity contribution in [3.63, 3.8) is 0 Å². The molecule has 1 fully saturated rings. The van der Waals surface area contributed by atoms with E-state index in [1.807, 2.05) is 39.0 Å². The Morgan fingerprint density at radius 3 is 2.41 bits per heavy atom. The zero-order valence-electron chi connectivity index (χ0n) is 13.6. The van der Waals surface area contributed by atoms with Crippen molar-refractivity contribution in [3.05, 3.63) is 29.3 Å². The standard InChI is InChI=1S/C17H26N2O2.ClH/c1-12-7-6-8-13(2)15(12)21-11-14(3)19-16(20)17(18)9-4-5-10-17;/h6-8,14H,4-5,9-11,18H2,1-3H3,(H,19,20);1H. The molecule has 0 aliphatic heterocycles. The summed E-state index contributed by atoms with van der Waals surface area (Å²) in [6.45, 7) is 6.45. The second kappa shape index (κ2) is 7.84. The Balaban J connectivity index is 0.00000242. The van der Waals surface area contributed by atoms with Gasteiger partial charge in [-0.25, -0.2) is 0 Å². The van der Waals surface area contributed by atoms with Crippen LogP contribution in [0.25, 0.3) is 0 Å². The molecule has 2 rings (SSSR count). The fourth-order valence-corrected chi connectivity index (χ4v) is 2.88. The van der Waals surface area contributed by atoms with Crippen molar-refractivity contribution in [1.29, 1.82) is 0 Å². The van der Waals surface area contributed by atoms with Crippen LogP contribution in [-0.2, 0) is 4.79 Å². The number of aryl methyl sites for hydroxylation is 2. The summed E-state index contributed by atoms with van der Waals surface area (Å²) in [6, 6.07) is 6.01. The second-order valence-electron chi connectivity index (χ2n) is 6.27. The molecule has 0 bridgehead atoms. The van der Waals surface area contributed by atoms with Crippen LogP contribution in [0.2, 0.25) is 0 Å². The van der Waals surface area contributed by atoms with E-state index in [1.54, 1.807) is 0 Å². The molecule has 1 aliphatic carbocycles. The van der Waals surface area contributed by atoms with Gasteiger partial charge in [0.15, 0.2) is 0 Å². The predicted molar refractivity (Wildman–Crippen MR) is 91.7 cm³/mol. The number of carbonyl (C=O) groups is 1. The maximum atomic E-state index is 12.2. The third-order valence-electron chi connectivity index (χ3n) is 4.21. The second-order valence-corrected chi connectivity index (χ2v) is 6.27. The number of para-hydroxylation sites is 1. The number of hydrogen-bond acceptors (Lipinski definition) is 3. The van der Waals surface area contributed by atoms with Crippen molar-refractivity contribution in [2.45, 2.75) is 58.0 Å². The largest absolute Gasteiger partial charge is 0.491 e. The van der Waals surface area contributed by atoms with E-state index in [-0.39, 0.29) is 24.4 Å². The minimum atomic E-state index is -0.674. The highest BCUT2D eigenvalue weighted by molar-refractivity contribution is 5.86. The minimum absolute atomic E-state index is 0. The van der Waals surface area contributed by atoms with Crippen LogP contribution in [0.4, 0.5) is 0 Å². The van der Waals surface area contributed by atoms with Gasteiger partial charge in [-0.15, -0.1) is 12.4 Å². The molecule has 5 heteroatoms. The zero-order valence-corrected chi connectivity index (χ0v) is 14.5. The van der Waals surface area contributed by atoms with Crippen LogP contribution in [-0.4, -0.2) is 24.1 Å². The molecule has 1 aromatic rings. The SMILES string of the molecule is Cc1cccc(C)c1OCC(C)NC(=O)C1(N)CCCC1.Cl. The number of hydrogen-bond donors (Lipinski definition) is 2. The van der Waals surface area contributed by atoms with E-state index in [0.29, 0.717) is 6.61 Å². The Bertz CT molecular complexity index is 493. The molecule has 1 atom stereocenters. The van der Waals surface area contributed by atoms with E-state index in [1.165, 1.54) is 0 Å². The maximum absolute atomic E-state index is 12.2. The summed E-state index contributed by atoms with van der Waals surface area (Å²) < 4.78 is 5.87. The number of benzene rings is 1. The van der Waals surface area contributed by atoms with Gasteiger partial charge in [-0.1, -0.05) is 31.0 Å². The Kier molecular flexibility index (Phi) is 6.69. The summed E-state index contributed by atoms with van der Waals surface area (Å²) in [7, 11) is 0. The molecule has 0 saturated heterocycles. The van der Waals surface area contributed by atoms with Crippen LogP contribution in [0.15, 0.2) is 18.2 Å². The monoisotopic (exact) mass is 326 g/mol. The molecule has 1 aliphatic rings. The van der Waals surface area contributed by atoms with E-state index in [9.17, 15) is 4.79 Å². The van der Waals surface area contributed by atoms with Crippen molar-refractivity contribution in [2.24, 2.45) is 5.73 Å². The van der Waals surface area contributed by atoms with Crippen LogP contribution in [0, 0.1) is 13.8 Å². The first-order valence-electron chi connectivity index (χ1n) is 7.71. The molecule has 0 aromatic heterocycles. The highest BCUT2D eigenvalue weighted by Crippen LogP contribution is 2.27. The molecule has 0 heterocycles. The summed E-state index contributed by atoms with van der Waals surface area (Å²) in [4.78, 5) is 12.2. The third-order valence-corrected chi connectivity index (χ3v) is 4.21. The van der Waals surface area contributed by atoms with Crippen LogP contribution in [0.3, 0.4) is 0 Å². The summed E-state index contributed by atoms with van der Waals surface area (Å²) in [5.41, 5.74) is 7.70. The highest BCUT2D eigenvalue weighted by Gasteiger charge is 2.37. The normalized spacial score (nSPS) is 17.5. The van der Waals surface area contributed by atoms with Crippen molar-refractivity contribution in [2.75, 3.05) is 6.61 Å². The molecule has 0 radical (unpaired) electrons. The smallest absolute Gasteiger partial charge is 0.240 e. The van der Waals surface area contributed by atoms with E-state index < -0.39 is 5.54 Å². The van der Waals surface area contributed by atoms with Gasteiger partial charge in [0.2, 0.25) is 5.91 Å². The first-order chi connectivity index (χ1) is 9.92. The lowest BCUT2D eigenvalue weighted by molar-refractivity contribution is -0.127. The lowest BCUT2D eigenvalue weighted by Gasteiger charge is -2.25. The molecule has 3 N–H and O–H groups in total. The van der Waals surface area contributed by atoms with E-state index in [4.69, 9.17) is 10.5 Å². The minimum Gasteiger partial charge on any atom is -0.491 e. The topological polar surface area (TPSA) is 64.3 Å². The Hall–Kier alpha value is -1.26. The molecule has 1 saturated carbocycles. The fraction of sp³-hybridized carbons (Fsp3) is 0.588. The van der Waals surface area contributed by atoms with Gasteiger partial charge in [0, 0.05) is 0 Å². The average molecular weight is 327 g/mol. The first kappa shape index (κ1) is 18.8. The molecule has 124 valence electrons. The van der Waals surface area contributed by atoms with Crippen LogP contribution in [0.5, 0.6) is 5.75 Å². The highest BCUT2D eigenvalue weighted by atomic mass is 35.5. The van der Waals surface area contributed by atoms with E-state index in [0.717, 1.165) is 42.6 Å². The Morgan fingerprint density at radius 1 is 1.32 bits per heavy atom. The van der Waals surface area contributed by atoms with Gasteiger partial charge in [0.05, 0.1) is 11.6 Å². The Morgan fingerprint density at radius 2 is 1.86 bits per heavy atom. The van der Waals surface area contributed by atoms with Crippen LogP contribution in [0.1, 0.15) is 43.7 Å². The number of nitrogens with one attached hydrogen (secondary N) is 1. The molecule has 1 unspecified atom stereocenters. The zero-order chi connectivity index (χ0) is 15.5. The first-order valence-corrected chi connectivity index (χ1v) is 7.71. The number of carbonyl (C=O) groups excluding carboxylic acids is 1. The van der Waals surface area contributed by atoms with Crippen molar-refractivity contribution < 1.29 is 9.53 Å². The van der Waals surface area contributed by atoms with Crippen LogP contribution >= 0.6 is 12.4 Å². The average Bonchev–Trinajstić information content (AvgIpc) is 2.86. The summed E-state index contributed by atoms with van der Waals surface area (Å²) >= 11 is 0.